The van der Waals surface area contributed by atoms with Gasteiger partial charge in [-0.25, -0.2) is 14.8 Å². The third-order valence-corrected chi connectivity index (χ3v) is 3.29. The van der Waals surface area contributed by atoms with Crippen LogP contribution in [0.25, 0.3) is 0 Å². The number of hydrogen-bond donors (Lipinski definition) is 3. The molecule has 0 amide bonds. The summed E-state index contributed by atoms with van der Waals surface area (Å²) >= 11 is 0. The minimum Gasteiger partial charge on any atom is -0.476 e. The predicted molar refractivity (Wildman–Crippen MR) is 65.4 cm³/mol. The maximum atomic E-state index is 10.6. The molecule has 0 bridgehead atoms. The number of aliphatic hydroxyl groups excluding tert-OH is 1. The molecule has 1 unspecified atom stereocenters. The van der Waals surface area contributed by atoms with Crippen LogP contribution in [0.15, 0.2) is 12.4 Å². The Morgan fingerprint density at radius 2 is 2.22 bits per heavy atom. The number of aromatic nitrogens is 2. The number of aliphatic hydroxyl groups is 1. The molecule has 0 spiro atoms. The van der Waals surface area contributed by atoms with Crippen molar-refractivity contribution >= 4 is 11.8 Å². The van der Waals surface area contributed by atoms with Crippen LogP contribution in [-0.2, 0) is 0 Å². The van der Waals surface area contributed by atoms with Gasteiger partial charge in [0.2, 0.25) is 0 Å². The summed E-state index contributed by atoms with van der Waals surface area (Å²) in [6.45, 7) is 0.0405. The zero-order valence-corrected chi connectivity index (χ0v) is 10.0. The van der Waals surface area contributed by atoms with Gasteiger partial charge in [0.1, 0.15) is 5.82 Å². The molecule has 6 heteroatoms. The van der Waals surface area contributed by atoms with Crippen molar-refractivity contribution in [3.63, 3.8) is 0 Å². The van der Waals surface area contributed by atoms with Crippen molar-refractivity contribution in [2.45, 2.75) is 31.7 Å². The monoisotopic (exact) mass is 251 g/mol. The molecule has 2 rings (SSSR count). The first-order valence-electron chi connectivity index (χ1n) is 6.11. The number of anilines is 1. The molecule has 1 aliphatic rings. The lowest BCUT2D eigenvalue weighted by atomic mass is 9.81. The highest BCUT2D eigenvalue weighted by Crippen LogP contribution is 2.30. The molecule has 6 nitrogen and oxygen atoms in total. The van der Waals surface area contributed by atoms with E-state index in [4.69, 9.17) is 5.11 Å². The molecule has 1 heterocycles. The van der Waals surface area contributed by atoms with Crippen LogP contribution in [0.4, 0.5) is 5.82 Å². The van der Waals surface area contributed by atoms with Crippen LogP contribution < -0.4 is 5.32 Å². The van der Waals surface area contributed by atoms with Gasteiger partial charge in [0.25, 0.3) is 0 Å². The minimum absolute atomic E-state index is 0.0405. The van der Waals surface area contributed by atoms with Crippen molar-refractivity contribution < 1.29 is 15.0 Å². The Kier molecular flexibility index (Phi) is 4.09. The molecule has 0 aliphatic heterocycles. The molecule has 1 aromatic rings. The first-order valence-corrected chi connectivity index (χ1v) is 6.11. The molecule has 18 heavy (non-hydrogen) atoms. The Hall–Kier alpha value is -1.69. The van der Waals surface area contributed by atoms with Gasteiger partial charge in [-0.1, -0.05) is 19.3 Å². The molecule has 0 radical (unpaired) electrons. The molecule has 1 aliphatic carbocycles. The number of hydrogen-bond acceptors (Lipinski definition) is 5. The lowest BCUT2D eigenvalue weighted by molar-refractivity contribution is 0.0690. The van der Waals surface area contributed by atoms with Crippen LogP contribution in [0.3, 0.4) is 0 Å². The summed E-state index contributed by atoms with van der Waals surface area (Å²) in [5, 5.41) is 21.1. The van der Waals surface area contributed by atoms with E-state index in [1.807, 2.05) is 0 Å². The largest absolute Gasteiger partial charge is 0.476 e. The third-order valence-electron chi connectivity index (χ3n) is 3.29. The third kappa shape index (κ3) is 3.16. The average Bonchev–Trinajstić information content (AvgIpc) is 2.32. The molecule has 0 aromatic carbocycles. The molecule has 3 N–H and O–H groups in total. The highest BCUT2D eigenvalue weighted by atomic mass is 16.4. The Balaban J connectivity index is 1.91. The van der Waals surface area contributed by atoms with Crippen LogP contribution in [0.2, 0.25) is 0 Å². The van der Waals surface area contributed by atoms with Gasteiger partial charge in [-0.05, 0) is 12.3 Å². The zero-order valence-electron chi connectivity index (χ0n) is 10.0. The van der Waals surface area contributed by atoms with E-state index in [2.05, 4.69) is 15.3 Å². The van der Waals surface area contributed by atoms with Gasteiger partial charge in [0.05, 0.1) is 25.0 Å². The number of nitrogens with one attached hydrogen (secondary N) is 1. The molecule has 1 saturated carbocycles. The van der Waals surface area contributed by atoms with Crippen molar-refractivity contribution in [2.75, 3.05) is 11.9 Å². The van der Waals surface area contributed by atoms with E-state index in [9.17, 15) is 9.90 Å². The summed E-state index contributed by atoms with van der Waals surface area (Å²) in [7, 11) is 0. The second-order valence-corrected chi connectivity index (χ2v) is 4.65. The Labute approximate surface area is 105 Å². The van der Waals surface area contributed by atoms with Gasteiger partial charge in [-0.3, -0.25) is 0 Å². The maximum absolute atomic E-state index is 10.6. The molecule has 98 valence electrons. The van der Waals surface area contributed by atoms with E-state index in [-0.39, 0.29) is 18.3 Å². The fourth-order valence-electron chi connectivity index (χ4n) is 2.03. The van der Waals surface area contributed by atoms with Crippen molar-refractivity contribution in [1.82, 2.24) is 9.97 Å². The lowest BCUT2D eigenvalue weighted by Crippen LogP contribution is -2.29. The highest BCUT2D eigenvalue weighted by molar-refractivity contribution is 5.84. The predicted octanol–water partition coefficient (Wildman–Crippen LogP) is 1.14. The van der Waals surface area contributed by atoms with Gasteiger partial charge in [0.15, 0.2) is 5.69 Å². The summed E-state index contributed by atoms with van der Waals surface area (Å²) in [5.74, 6) is 0.0847. The summed E-state index contributed by atoms with van der Waals surface area (Å²) in [5.41, 5.74) is -0.0832. The van der Waals surface area contributed by atoms with Gasteiger partial charge in [0, 0.05) is 0 Å². The number of carboxylic acid groups (broad SMARTS) is 1. The van der Waals surface area contributed by atoms with Crippen LogP contribution in [0.1, 0.15) is 36.2 Å². The number of carbonyl (C=O) groups is 1. The Bertz CT molecular complexity index is 404. The summed E-state index contributed by atoms with van der Waals surface area (Å²) in [6.07, 6.45) is 7.23. The van der Waals surface area contributed by atoms with E-state index in [1.54, 1.807) is 0 Å². The standard InChI is InChI=1S/C12H17N3O3/c16-7-9(4-8-2-1-3-8)15-11-6-13-10(5-14-11)12(17)18/h5-6,8-9,16H,1-4,7H2,(H,14,15)(H,17,18). The fourth-order valence-corrected chi connectivity index (χ4v) is 2.03. The lowest BCUT2D eigenvalue weighted by Gasteiger charge is -2.29. The molecule has 1 aromatic heterocycles. The normalized spacial score (nSPS) is 16.9. The number of carboxylic acids is 1. The van der Waals surface area contributed by atoms with Gasteiger partial charge in [-0.2, -0.15) is 0 Å². The van der Waals surface area contributed by atoms with Crippen molar-refractivity contribution in [2.24, 2.45) is 5.92 Å². The van der Waals surface area contributed by atoms with Crippen LogP contribution in [0, 0.1) is 5.92 Å². The van der Waals surface area contributed by atoms with E-state index in [0.29, 0.717) is 11.7 Å². The molecule has 0 saturated heterocycles. The summed E-state index contributed by atoms with van der Waals surface area (Å²) in [4.78, 5) is 18.4. The quantitative estimate of drug-likeness (QED) is 0.701. The smallest absolute Gasteiger partial charge is 0.356 e. The Morgan fingerprint density at radius 3 is 2.67 bits per heavy atom. The maximum Gasteiger partial charge on any atom is 0.356 e. The number of aromatic carboxylic acids is 1. The van der Waals surface area contributed by atoms with Gasteiger partial charge in [-0.15, -0.1) is 0 Å². The fraction of sp³-hybridized carbons (Fsp3) is 0.583. The highest BCUT2D eigenvalue weighted by Gasteiger charge is 2.22. The van der Waals surface area contributed by atoms with Crippen molar-refractivity contribution in [3.8, 4) is 0 Å². The molecular formula is C12H17N3O3. The first-order chi connectivity index (χ1) is 8.69. The van der Waals surface area contributed by atoms with Gasteiger partial charge < -0.3 is 15.5 Å². The molecule has 1 atom stereocenters. The van der Waals surface area contributed by atoms with Crippen LogP contribution in [-0.4, -0.2) is 38.8 Å². The second-order valence-electron chi connectivity index (χ2n) is 4.65. The van der Waals surface area contributed by atoms with Crippen LogP contribution in [0.5, 0.6) is 0 Å². The van der Waals surface area contributed by atoms with Crippen LogP contribution >= 0.6 is 0 Å². The van der Waals surface area contributed by atoms with E-state index in [1.165, 1.54) is 31.7 Å². The number of rotatable bonds is 6. The van der Waals surface area contributed by atoms with Crippen molar-refractivity contribution in [3.05, 3.63) is 18.1 Å². The SMILES string of the molecule is O=C(O)c1cnc(NC(CO)CC2CCC2)cn1. The summed E-state index contributed by atoms with van der Waals surface area (Å²) < 4.78 is 0. The van der Waals surface area contributed by atoms with Gasteiger partial charge >= 0.3 is 5.97 Å². The zero-order chi connectivity index (χ0) is 13.0. The van der Waals surface area contributed by atoms with E-state index < -0.39 is 5.97 Å². The van der Waals surface area contributed by atoms with E-state index in [0.717, 1.165) is 6.42 Å². The first kappa shape index (κ1) is 12.8. The minimum atomic E-state index is -1.10. The Morgan fingerprint density at radius 1 is 1.44 bits per heavy atom. The van der Waals surface area contributed by atoms with Crippen molar-refractivity contribution in [1.29, 1.82) is 0 Å². The molecule has 1 fully saturated rings. The summed E-state index contributed by atoms with van der Waals surface area (Å²) in [6, 6.07) is -0.0414. The topological polar surface area (TPSA) is 95.3 Å². The molecular weight excluding hydrogens is 234 g/mol. The van der Waals surface area contributed by atoms with E-state index >= 15 is 0 Å². The average molecular weight is 251 g/mol. The number of nitrogens with zero attached hydrogens (tertiary/aromatic N) is 2. The second kappa shape index (κ2) is 5.77.